The highest BCUT2D eigenvalue weighted by atomic mass is 79.9. The SMILES string of the molecule is C=CC(=O)NCCCCCc1nc2ccccc2n1CC(=C)Br. The number of aromatic nitrogens is 2. The third-order valence-electron chi connectivity index (χ3n) is 3.63. The molecular weight excluding hydrogens is 354 g/mol. The molecule has 4 nitrogen and oxygen atoms in total. The van der Waals surface area contributed by atoms with Crippen LogP contribution in [0.2, 0.25) is 0 Å². The number of aryl methyl sites for hydroxylation is 1. The minimum absolute atomic E-state index is 0.109. The minimum Gasteiger partial charge on any atom is -0.353 e. The summed E-state index contributed by atoms with van der Waals surface area (Å²) in [5.41, 5.74) is 2.16. The number of para-hydroxylation sites is 2. The van der Waals surface area contributed by atoms with Crippen molar-refractivity contribution in [2.24, 2.45) is 0 Å². The highest BCUT2D eigenvalue weighted by Crippen LogP contribution is 2.20. The Balaban J connectivity index is 1.93. The predicted octanol–water partition coefficient (Wildman–Crippen LogP) is 3.96. The molecule has 0 aliphatic rings. The van der Waals surface area contributed by atoms with Crippen LogP contribution in [0.3, 0.4) is 0 Å². The van der Waals surface area contributed by atoms with E-state index in [0.717, 1.165) is 53.6 Å². The second-order valence-corrected chi connectivity index (χ2v) is 6.55. The molecule has 0 radical (unpaired) electrons. The average molecular weight is 376 g/mol. The van der Waals surface area contributed by atoms with Crippen LogP contribution in [0, 0.1) is 0 Å². The number of nitrogens with one attached hydrogen (secondary N) is 1. The smallest absolute Gasteiger partial charge is 0.243 e. The van der Waals surface area contributed by atoms with Crippen LogP contribution in [0.15, 0.2) is 48.0 Å². The van der Waals surface area contributed by atoms with E-state index in [1.165, 1.54) is 6.08 Å². The van der Waals surface area contributed by atoms with Crippen molar-refractivity contribution in [1.82, 2.24) is 14.9 Å². The van der Waals surface area contributed by atoms with Gasteiger partial charge < -0.3 is 9.88 Å². The van der Waals surface area contributed by atoms with Gasteiger partial charge in [-0.1, -0.05) is 47.6 Å². The molecule has 0 bridgehead atoms. The van der Waals surface area contributed by atoms with Gasteiger partial charge in [0.2, 0.25) is 5.91 Å². The van der Waals surface area contributed by atoms with Crippen LogP contribution < -0.4 is 5.32 Å². The molecule has 2 aromatic rings. The normalized spacial score (nSPS) is 10.7. The van der Waals surface area contributed by atoms with E-state index in [1.807, 2.05) is 18.2 Å². The van der Waals surface area contributed by atoms with Crippen LogP contribution in [0.25, 0.3) is 11.0 Å². The molecule has 0 saturated carbocycles. The molecule has 1 amide bonds. The first kappa shape index (κ1) is 17.5. The molecule has 1 N–H and O–H groups in total. The molecule has 0 atom stereocenters. The lowest BCUT2D eigenvalue weighted by Crippen LogP contribution is -2.21. The Morgan fingerprint density at radius 2 is 2.09 bits per heavy atom. The summed E-state index contributed by atoms with van der Waals surface area (Å²) in [6, 6.07) is 8.17. The lowest BCUT2D eigenvalue weighted by atomic mass is 10.2. The van der Waals surface area contributed by atoms with E-state index in [4.69, 9.17) is 4.98 Å². The maximum Gasteiger partial charge on any atom is 0.243 e. The van der Waals surface area contributed by atoms with Gasteiger partial charge >= 0.3 is 0 Å². The zero-order chi connectivity index (χ0) is 16.7. The molecule has 0 aliphatic heterocycles. The van der Waals surface area contributed by atoms with Crippen molar-refractivity contribution in [1.29, 1.82) is 0 Å². The monoisotopic (exact) mass is 375 g/mol. The molecule has 122 valence electrons. The van der Waals surface area contributed by atoms with E-state index >= 15 is 0 Å². The van der Waals surface area contributed by atoms with Gasteiger partial charge in [0.15, 0.2) is 0 Å². The Kier molecular flexibility index (Phi) is 6.59. The van der Waals surface area contributed by atoms with Crippen molar-refractivity contribution in [3.63, 3.8) is 0 Å². The summed E-state index contributed by atoms with van der Waals surface area (Å²) in [6.45, 7) is 8.80. The summed E-state index contributed by atoms with van der Waals surface area (Å²) in [6.07, 6.45) is 5.28. The molecule has 0 spiro atoms. The van der Waals surface area contributed by atoms with Gasteiger partial charge in [0.1, 0.15) is 5.82 Å². The van der Waals surface area contributed by atoms with Crippen molar-refractivity contribution < 1.29 is 4.79 Å². The van der Waals surface area contributed by atoms with Crippen LogP contribution >= 0.6 is 15.9 Å². The first-order valence-corrected chi connectivity index (χ1v) is 8.59. The molecule has 2 rings (SSSR count). The number of rotatable bonds is 9. The fourth-order valence-electron chi connectivity index (χ4n) is 2.53. The largest absolute Gasteiger partial charge is 0.353 e. The Bertz CT molecular complexity index is 705. The average Bonchev–Trinajstić information content (AvgIpc) is 2.87. The molecule has 1 aromatic carbocycles. The third kappa shape index (κ3) is 5.06. The van der Waals surface area contributed by atoms with Crippen molar-refractivity contribution in [2.75, 3.05) is 6.54 Å². The van der Waals surface area contributed by atoms with Gasteiger partial charge in [-0.25, -0.2) is 4.98 Å². The highest BCUT2D eigenvalue weighted by Gasteiger charge is 2.10. The fourth-order valence-corrected chi connectivity index (χ4v) is 2.78. The summed E-state index contributed by atoms with van der Waals surface area (Å²) in [5.74, 6) is 0.976. The van der Waals surface area contributed by atoms with E-state index in [0.29, 0.717) is 6.54 Å². The van der Waals surface area contributed by atoms with Gasteiger partial charge in [0, 0.05) is 17.4 Å². The first-order valence-electron chi connectivity index (χ1n) is 7.79. The second-order valence-electron chi connectivity index (χ2n) is 5.43. The Labute approximate surface area is 145 Å². The summed E-state index contributed by atoms with van der Waals surface area (Å²) < 4.78 is 3.15. The quantitative estimate of drug-likeness (QED) is 0.532. The zero-order valence-electron chi connectivity index (χ0n) is 13.2. The van der Waals surface area contributed by atoms with Gasteiger partial charge in [0.05, 0.1) is 17.6 Å². The van der Waals surface area contributed by atoms with Gasteiger partial charge in [-0.05, 0) is 31.1 Å². The molecule has 23 heavy (non-hydrogen) atoms. The van der Waals surface area contributed by atoms with Crippen LogP contribution in [0.1, 0.15) is 25.1 Å². The Morgan fingerprint density at radius 3 is 2.83 bits per heavy atom. The summed E-state index contributed by atoms with van der Waals surface area (Å²) in [4.78, 5) is 15.8. The number of carbonyl (C=O) groups excluding carboxylic acids is 1. The number of hydrogen-bond acceptors (Lipinski definition) is 2. The maximum atomic E-state index is 11.1. The topological polar surface area (TPSA) is 46.9 Å². The summed E-state index contributed by atoms with van der Waals surface area (Å²) in [5, 5.41) is 2.79. The molecule has 0 fully saturated rings. The molecule has 0 aliphatic carbocycles. The molecule has 0 unspecified atom stereocenters. The van der Waals surface area contributed by atoms with E-state index in [2.05, 4.69) is 45.0 Å². The minimum atomic E-state index is -0.109. The second kappa shape index (κ2) is 8.67. The molecular formula is C18H22BrN3O. The predicted molar refractivity (Wildman–Crippen MR) is 98.6 cm³/mol. The van der Waals surface area contributed by atoms with E-state index in [1.54, 1.807) is 0 Å². The summed E-state index contributed by atoms with van der Waals surface area (Å²) in [7, 11) is 0. The number of unbranched alkanes of at least 4 members (excludes halogenated alkanes) is 2. The Morgan fingerprint density at radius 1 is 1.30 bits per heavy atom. The number of hydrogen-bond donors (Lipinski definition) is 1. The van der Waals surface area contributed by atoms with Gasteiger partial charge in [-0.15, -0.1) is 0 Å². The standard InChI is InChI=1S/C18H22BrN3O/c1-3-18(23)20-12-8-4-5-11-17-21-15-9-6-7-10-16(15)22(17)13-14(2)19/h3,6-7,9-10H,1-2,4-5,8,11-13H2,(H,20,23). The number of benzene rings is 1. The van der Waals surface area contributed by atoms with Crippen molar-refractivity contribution >= 4 is 32.9 Å². The van der Waals surface area contributed by atoms with E-state index in [-0.39, 0.29) is 5.91 Å². The highest BCUT2D eigenvalue weighted by molar-refractivity contribution is 9.11. The van der Waals surface area contributed by atoms with Gasteiger partial charge in [-0.3, -0.25) is 4.79 Å². The molecule has 1 heterocycles. The lowest BCUT2D eigenvalue weighted by molar-refractivity contribution is -0.116. The number of nitrogens with zero attached hydrogens (tertiary/aromatic N) is 2. The van der Waals surface area contributed by atoms with Crippen LogP contribution in [-0.4, -0.2) is 22.0 Å². The van der Waals surface area contributed by atoms with E-state index in [9.17, 15) is 4.79 Å². The number of fused-ring (bicyclic) bond motifs is 1. The number of halogens is 1. The Hall–Kier alpha value is -1.88. The van der Waals surface area contributed by atoms with Crippen LogP contribution in [0.5, 0.6) is 0 Å². The maximum absolute atomic E-state index is 11.1. The van der Waals surface area contributed by atoms with Gasteiger partial charge in [-0.2, -0.15) is 0 Å². The molecule has 1 aromatic heterocycles. The lowest BCUT2D eigenvalue weighted by Gasteiger charge is -2.08. The van der Waals surface area contributed by atoms with Gasteiger partial charge in [0.25, 0.3) is 0 Å². The summed E-state index contributed by atoms with van der Waals surface area (Å²) >= 11 is 3.45. The van der Waals surface area contributed by atoms with Crippen LogP contribution in [-0.2, 0) is 17.8 Å². The fraction of sp³-hybridized carbons (Fsp3) is 0.333. The molecule has 0 saturated heterocycles. The van der Waals surface area contributed by atoms with Crippen molar-refractivity contribution in [3.8, 4) is 0 Å². The third-order valence-corrected chi connectivity index (χ3v) is 3.88. The van der Waals surface area contributed by atoms with Crippen molar-refractivity contribution in [3.05, 3.63) is 53.8 Å². The number of allylic oxidation sites excluding steroid dienone is 1. The van der Waals surface area contributed by atoms with Crippen LogP contribution in [0.4, 0.5) is 0 Å². The van der Waals surface area contributed by atoms with Crippen molar-refractivity contribution in [2.45, 2.75) is 32.2 Å². The van der Waals surface area contributed by atoms with E-state index < -0.39 is 0 Å². The zero-order valence-corrected chi connectivity index (χ0v) is 14.8. The number of carbonyl (C=O) groups is 1. The molecule has 5 heteroatoms. The number of amides is 1. The number of imidazole rings is 1. The first-order chi connectivity index (χ1) is 11.1.